The number of carbonyl (C=O) groups excluding carboxylic acids is 2. The number of amides is 1. The van der Waals surface area contributed by atoms with E-state index in [0.717, 1.165) is 11.1 Å². The van der Waals surface area contributed by atoms with Crippen LogP contribution in [0.15, 0.2) is 72.8 Å². The number of benzene rings is 3. The van der Waals surface area contributed by atoms with Crippen LogP contribution in [0.4, 0.5) is 9.18 Å². The maximum Gasteiger partial charge on any atom is 0.410 e. The number of halogens is 2. The summed E-state index contributed by atoms with van der Waals surface area (Å²) < 4.78 is 19.7. The molecule has 2 atom stereocenters. The fraction of sp³-hybridized carbons (Fsp3) is 0.300. The molecule has 0 aliphatic carbocycles. The Morgan fingerprint density at radius 2 is 1.85 bits per heavy atom. The zero-order valence-electron chi connectivity index (χ0n) is 21.4. The number of carboxylic acid groups (broad SMARTS) is 1. The lowest BCUT2D eigenvalue weighted by molar-refractivity contribution is -0.149. The molecule has 1 N–H and O–H groups in total. The van der Waals surface area contributed by atoms with Crippen LogP contribution in [0.3, 0.4) is 0 Å². The van der Waals surface area contributed by atoms with Crippen molar-refractivity contribution in [2.75, 3.05) is 13.1 Å². The van der Waals surface area contributed by atoms with Crippen LogP contribution in [0.5, 0.6) is 0 Å². The number of rotatable bonds is 11. The smallest absolute Gasteiger partial charge is 0.410 e. The van der Waals surface area contributed by atoms with Gasteiger partial charge in [-0.1, -0.05) is 72.5 Å². The van der Waals surface area contributed by atoms with E-state index in [9.17, 15) is 23.9 Å². The molecule has 1 fully saturated rings. The second-order valence-corrected chi connectivity index (χ2v) is 10.4. The highest BCUT2D eigenvalue weighted by atomic mass is 35.5. The molecule has 0 bridgehead atoms. The third-order valence-electron chi connectivity index (χ3n) is 7.23. The molecule has 1 heterocycles. The first kappa shape index (κ1) is 28.4. The minimum absolute atomic E-state index is 0.0422. The van der Waals surface area contributed by atoms with Crippen LogP contribution < -0.4 is 0 Å². The molecule has 201 valence electrons. The number of hydrogen-bond acceptors (Lipinski definition) is 4. The Labute approximate surface area is 233 Å². The molecule has 39 heavy (non-hydrogen) atoms. The van der Waals surface area contributed by atoms with E-state index in [-0.39, 0.29) is 31.4 Å². The Morgan fingerprint density at radius 1 is 1.10 bits per heavy atom. The molecule has 1 aliphatic heterocycles. The number of carboxylic acids is 1. The Bertz CT molecular complexity index is 1310. The van der Waals surface area contributed by atoms with Crippen LogP contribution in [0.1, 0.15) is 24.0 Å². The maximum absolute atomic E-state index is 14.3. The van der Waals surface area contributed by atoms with Gasteiger partial charge in [0.1, 0.15) is 12.4 Å². The van der Waals surface area contributed by atoms with Crippen LogP contribution >= 0.6 is 11.6 Å². The van der Waals surface area contributed by atoms with Crippen molar-refractivity contribution in [1.29, 1.82) is 0 Å². The molecule has 0 aromatic heterocycles. The van der Waals surface area contributed by atoms with E-state index < -0.39 is 17.5 Å². The second kappa shape index (κ2) is 12.9. The number of nitrogens with zero attached hydrogens (tertiary/aromatic N) is 1. The molecule has 0 spiro atoms. The molecule has 3 aromatic rings. The van der Waals surface area contributed by atoms with Crippen molar-refractivity contribution >= 4 is 37.1 Å². The molecular formula is C30H29BClFNO5. The predicted molar refractivity (Wildman–Crippen MR) is 149 cm³/mol. The van der Waals surface area contributed by atoms with Crippen molar-refractivity contribution in [1.82, 2.24) is 4.90 Å². The topological polar surface area (TPSA) is 83.9 Å². The molecule has 6 nitrogen and oxygen atoms in total. The van der Waals surface area contributed by atoms with Gasteiger partial charge in [-0.3, -0.25) is 4.79 Å². The summed E-state index contributed by atoms with van der Waals surface area (Å²) in [4.78, 5) is 37.8. The molecule has 0 saturated carbocycles. The molecule has 1 radical (unpaired) electrons. The summed E-state index contributed by atoms with van der Waals surface area (Å²) in [5.74, 6) is -1.49. The van der Waals surface area contributed by atoms with E-state index in [0.29, 0.717) is 47.9 Å². The van der Waals surface area contributed by atoms with Gasteiger partial charge in [0.25, 0.3) is 0 Å². The van der Waals surface area contributed by atoms with Crippen molar-refractivity contribution in [2.24, 2.45) is 11.3 Å². The summed E-state index contributed by atoms with van der Waals surface area (Å²) in [5, 5.41) is 10.7. The Kier molecular flexibility index (Phi) is 9.41. The summed E-state index contributed by atoms with van der Waals surface area (Å²) in [7, 11) is 1.50. The lowest BCUT2D eigenvalue weighted by Gasteiger charge is -2.29. The van der Waals surface area contributed by atoms with Gasteiger partial charge in [0.15, 0.2) is 7.28 Å². The normalized spacial score (nSPS) is 17.4. The lowest BCUT2D eigenvalue weighted by atomic mass is 9.65. The average Bonchev–Trinajstić information content (AvgIpc) is 3.38. The van der Waals surface area contributed by atoms with Gasteiger partial charge in [-0.05, 0) is 60.1 Å². The van der Waals surface area contributed by atoms with Gasteiger partial charge in [-0.2, -0.15) is 0 Å². The zero-order valence-corrected chi connectivity index (χ0v) is 22.1. The van der Waals surface area contributed by atoms with Gasteiger partial charge in [-0.15, -0.1) is 0 Å². The van der Waals surface area contributed by atoms with Gasteiger partial charge in [0, 0.05) is 23.7 Å². The third-order valence-corrected chi connectivity index (χ3v) is 7.47. The van der Waals surface area contributed by atoms with Crippen molar-refractivity contribution in [3.8, 4) is 11.1 Å². The fourth-order valence-corrected chi connectivity index (χ4v) is 5.35. The molecule has 4 rings (SSSR count). The molecule has 1 amide bonds. The van der Waals surface area contributed by atoms with E-state index in [1.807, 2.05) is 42.5 Å². The molecule has 9 heteroatoms. The highest BCUT2D eigenvalue weighted by molar-refractivity contribution is 6.66. The highest BCUT2D eigenvalue weighted by Gasteiger charge is 2.47. The first-order valence-corrected chi connectivity index (χ1v) is 13.2. The number of ether oxygens (including phenoxy) is 1. The zero-order chi connectivity index (χ0) is 27.8. The monoisotopic (exact) mass is 548 g/mol. The summed E-state index contributed by atoms with van der Waals surface area (Å²) in [6.45, 7) is 0.437. The Balaban J connectivity index is 1.44. The first-order chi connectivity index (χ1) is 18.8. The highest BCUT2D eigenvalue weighted by Crippen LogP contribution is 2.39. The predicted octanol–water partition coefficient (Wildman–Crippen LogP) is 6.12. The minimum atomic E-state index is -1.14. The van der Waals surface area contributed by atoms with E-state index in [1.165, 1.54) is 24.3 Å². The van der Waals surface area contributed by atoms with Crippen LogP contribution in [-0.2, 0) is 27.4 Å². The molecular weight excluding hydrogens is 520 g/mol. The van der Waals surface area contributed by atoms with Crippen molar-refractivity contribution < 1.29 is 28.6 Å². The first-order valence-electron chi connectivity index (χ1n) is 12.8. The maximum atomic E-state index is 14.3. The van der Waals surface area contributed by atoms with Gasteiger partial charge in [0.05, 0.1) is 11.6 Å². The second-order valence-electron chi connectivity index (χ2n) is 10.0. The summed E-state index contributed by atoms with van der Waals surface area (Å²) >= 11 is 6.03. The van der Waals surface area contributed by atoms with E-state index in [2.05, 4.69) is 0 Å². The van der Waals surface area contributed by atoms with Crippen LogP contribution in [-0.4, -0.2) is 48.6 Å². The number of carbonyl (C=O) groups is 3. The fourth-order valence-electron chi connectivity index (χ4n) is 5.18. The molecule has 3 aromatic carbocycles. The van der Waals surface area contributed by atoms with E-state index >= 15 is 0 Å². The van der Waals surface area contributed by atoms with Crippen molar-refractivity contribution in [3.05, 3.63) is 94.8 Å². The molecule has 1 unspecified atom stereocenters. The Morgan fingerprint density at radius 3 is 2.54 bits per heavy atom. The van der Waals surface area contributed by atoms with Crippen molar-refractivity contribution in [2.45, 2.75) is 32.2 Å². The minimum Gasteiger partial charge on any atom is -0.481 e. The molecule has 1 saturated heterocycles. The number of hydrogen-bond donors (Lipinski definition) is 1. The van der Waals surface area contributed by atoms with Crippen LogP contribution in [0.25, 0.3) is 11.1 Å². The number of aliphatic carboxylic acids is 1. The van der Waals surface area contributed by atoms with Crippen LogP contribution in [0.2, 0.25) is 11.3 Å². The largest absolute Gasteiger partial charge is 0.481 e. The Hall–Kier alpha value is -3.65. The van der Waals surface area contributed by atoms with Gasteiger partial charge in [0.2, 0.25) is 0 Å². The molecule has 1 aliphatic rings. The lowest BCUT2D eigenvalue weighted by Crippen LogP contribution is -2.39. The van der Waals surface area contributed by atoms with Gasteiger partial charge in [-0.25, -0.2) is 9.18 Å². The van der Waals surface area contributed by atoms with E-state index in [4.69, 9.17) is 16.3 Å². The summed E-state index contributed by atoms with van der Waals surface area (Å²) in [5.41, 5.74) is 1.72. The quantitative estimate of drug-likeness (QED) is 0.230. The van der Waals surface area contributed by atoms with Crippen molar-refractivity contribution in [3.63, 3.8) is 0 Å². The summed E-state index contributed by atoms with van der Waals surface area (Å²) in [6.07, 6.45) is 1.69. The SMILES string of the molecule is O=C[B]C[C@H](Cc1ccc(-c2cc(Cl)ccc2F)cc1)CC1(C(=O)O)CCN(C(=O)OCc2ccccc2)C1. The average molecular weight is 549 g/mol. The van der Waals surface area contributed by atoms with E-state index in [1.54, 1.807) is 18.2 Å². The van der Waals surface area contributed by atoms with Gasteiger partial charge >= 0.3 is 12.1 Å². The standard InChI is InChI=1S/C30H29BClFNO5/c32-25-10-11-27(33)26(15-25)24-8-6-21(7-9-24)14-23(17-31-20-35)16-30(28(36)37)12-13-34(19-30)29(38)39-18-22-4-2-1-3-5-22/h1-11,15,20,23H,12-14,16-19H2,(H,36,37)/t23-,30?/m1/s1. The summed E-state index contributed by atoms with van der Waals surface area (Å²) in [6, 6.07) is 21.0. The third kappa shape index (κ3) is 7.27. The van der Waals surface area contributed by atoms with Crippen LogP contribution in [0, 0.1) is 17.2 Å². The number of likely N-dealkylation sites (tertiary alicyclic amines) is 1. The van der Waals surface area contributed by atoms with Gasteiger partial charge < -0.3 is 19.5 Å².